The van der Waals surface area contributed by atoms with Gasteiger partial charge in [-0.15, -0.1) is 0 Å². The van der Waals surface area contributed by atoms with E-state index in [-0.39, 0.29) is 18.1 Å². The highest BCUT2D eigenvalue weighted by Gasteiger charge is 2.34. The lowest BCUT2D eigenvalue weighted by Crippen LogP contribution is -2.45. The molecule has 0 radical (unpaired) electrons. The van der Waals surface area contributed by atoms with Crippen molar-refractivity contribution in [2.24, 2.45) is 5.10 Å². The van der Waals surface area contributed by atoms with E-state index in [9.17, 15) is 4.79 Å². The molecule has 29 heavy (non-hydrogen) atoms. The van der Waals surface area contributed by atoms with Crippen molar-refractivity contribution < 1.29 is 9.53 Å². The molecule has 0 saturated heterocycles. The number of amides is 1. The third-order valence-corrected chi connectivity index (χ3v) is 6.13. The summed E-state index contributed by atoms with van der Waals surface area (Å²) in [6, 6.07) is 11.3. The van der Waals surface area contributed by atoms with Gasteiger partial charge in [0.15, 0.2) is 6.61 Å². The molecule has 3 rings (SSSR count). The van der Waals surface area contributed by atoms with Gasteiger partial charge in [0.1, 0.15) is 5.75 Å². The second-order valence-electron chi connectivity index (χ2n) is 7.95. The van der Waals surface area contributed by atoms with Crippen molar-refractivity contribution in [1.29, 1.82) is 0 Å². The average Bonchev–Trinajstić information content (AvgIpc) is 2.65. The molecular formula is C22H25BrClN3O2. The molecule has 1 amide bonds. The summed E-state index contributed by atoms with van der Waals surface area (Å²) in [4.78, 5) is 14.2. The molecule has 1 heterocycles. The largest absolute Gasteiger partial charge is 0.484 e. The Morgan fingerprint density at radius 3 is 2.90 bits per heavy atom. The topological polar surface area (TPSA) is 53.9 Å². The van der Waals surface area contributed by atoms with Gasteiger partial charge in [-0.25, -0.2) is 5.43 Å². The smallest absolute Gasteiger partial charge is 0.277 e. The normalized spacial score (nSPS) is 17.9. The molecule has 0 unspecified atom stereocenters. The quantitative estimate of drug-likeness (QED) is 0.465. The zero-order chi connectivity index (χ0) is 21.2. The molecule has 0 aromatic heterocycles. The fourth-order valence-electron chi connectivity index (χ4n) is 3.62. The van der Waals surface area contributed by atoms with Crippen molar-refractivity contribution in [3.63, 3.8) is 0 Å². The average molecular weight is 479 g/mol. The van der Waals surface area contributed by atoms with Crippen LogP contribution in [0.15, 0.2) is 46.0 Å². The van der Waals surface area contributed by atoms with Crippen molar-refractivity contribution in [2.45, 2.75) is 38.6 Å². The fraction of sp³-hybridized carbons (Fsp3) is 0.364. The van der Waals surface area contributed by atoms with E-state index in [1.165, 1.54) is 5.56 Å². The number of anilines is 1. The molecule has 1 aliphatic heterocycles. The minimum absolute atomic E-state index is 0.0771. The first-order valence-corrected chi connectivity index (χ1v) is 10.6. The molecule has 5 nitrogen and oxygen atoms in total. The van der Waals surface area contributed by atoms with E-state index >= 15 is 0 Å². The minimum atomic E-state index is -0.342. The molecule has 1 atom stereocenters. The first kappa shape index (κ1) is 21.7. The number of fused-ring (bicyclic) bond motifs is 1. The van der Waals surface area contributed by atoms with Crippen LogP contribution in [0.1, 0.15) is 44.2 Å². The Balaban J connectivity index is 1.65. The van der Waals surface area contributed by atoms with Crippen molar-refractivity contribution in [2.75, 3.05) is 18.6 Å². The number of rotatable bonds is 5. The van der Waals surface area contributed by atoms with Gasteiger partial charge in [0.2, 0.25) is 0 Å². The van der Waals surface area contributed by atoms with Crippen molar-refractivity contribution in [3.8, 4) is 5.75 Å². The third kappa shape index (κ3) is 5.11. The summed E-state index contributed by atoms with van der Waals surface area (Å²) in [5.41, 5.74) is 5.71. The SMILES string of the molecule is C[C@@H]1CC(C)(C)N(C)c2cc(Cl)c(/C=N/NC(=O)COc3cccc(Br)c3)cc21. The standard InChI is InChI=1S/C22H25BrClN3O2/c1-14-11-22(2,3)27(4)20-10-19(24)15(8-18(14)20)12-25-26-21(28)13-29-17-7-5-6-16(23)9-17/h5-10,12,14H,11,13H2,1-4H3,(H,26,28)/b25-12+/t14-/m1/s1. The molecule has 7 heteroatoms. The number of carbonyl (C=O) groups is 1. The maximum Gasteiger partial charge on any atom is 0.277 e. The van der Waals surface area contributed by atoms with Crippen LogP contribution in [-0.2, 0) is 4.79 Å². The van der Waals surface area contributed by atoms with Crippen molar-refractivity contribution in [3.05, 3.63) is 57.0 Å². The van der Waals surface area contributed by atoms with Crippen molar-refractivity contribution >= 4 is 45.3 Å². The van der Waals surface area contributed by atoms with Crippen LogP contribution in [0.3, 0.4) is 0 Å². The Bertz CT molecular complexity index is 946. The second-order valence-corrected chi connectivity index (χ2v) is 9.27. The lowest BCUT2D eigenvalue weighted by Gasteiger charge is -2.45. The Hall–Kier alpha value is -2.05. The molecule has 2 aromatic carbocycles. The first-order chi connectivity index (χ1) is 13.7. The number of carbonyl (C=O) groups excluding carboxylic acids is 1. The van der Waals surface area contributed by atoms with Gasteiger partial charge in [-0.3, -0.25) is 4.79 Å². The monoisotopic (exact) mass is 477 g/mol. The number of hydrogen-bond donors (Lipinski definition) is 1. The Labute approximate surface area is 185 Å². The van der Waals surface area contributed by atoms with Crippen LogP contribution in [0.4, 0.5) is 5.69 Å². The van der Waals surface area contributed by atoms with E-state index in [4.69, 9.17) is 16.3 Å². The summed E-state index contributed by atoms with van der Waals surface area (Å²) in [5.74, 6) is 0.677. The Kier molecular flexibility index (Phi) is 6.54. The van der Waals surface area contributed by atoms with Crippen LogP contribution in [0.5, 0.6) is 5.75 Å². The van der Waals surface area contributed by atoms with E-state index in [0.29, 0.717) is 16.7 Å². The van der Waals surface area contributed by atoms with Gasteiger partial charge in [0.05, 0.1) is 11.2 Å². The summed E-state index contributed by atoms with van der Waals surface area (Å²) < 4.78 is 6.34. The van der Waals surface area contributed by atoms with E-state index in [0.717, 1.165) is 22.1 Å². The number of nitrogens with one attached hydrogen (secondary N) is 1. The minimum Gasteiger partial charge on any atom is -0.484 e. The fourth-order valence-corrected chi connectivity index (χ4v) is 4.20. The third-order valence-electron chi connectivity index (χ3n) is 5.31. The number of hydrogen-bond acceptors (Lipinski definition) is 4. The summed E-state index contributed by atoms with van der Waals surface area (Å²) >= 11 is 9.84. The van der Waals surface area contributed by atoms with Gasteiger partial charge in [0.25, 0.3) is 5.91 Å². The number of benzene rings is 2. The lowest BCUT2D eigenvalue weighted by molar-refractivity contribution is -0.123. The van der Waals surface area contributed by atoms with Gasteiger partial charge >= 0.3 is 0 Å². The van der Waals surface area contributed by atoms with Crippen LogP contribution in [-0.4, -0.2) is 31.3 Å². The molecule has 1 N–H and O–H groups in total. The predicted octanol–water partition coefficient (Wildman–Crippen LogP) is 5.35. The summed E-state index contributed by atoms with van der Waals surface area (Å²) in [6.45, 7) is 6.58. The predicted molar refractivity (Wildman–Crippen MR) is 122 cm³/mol. The van der Waals surface area contributed by atoms with Crippen LogP contribution < -0.4 is 15.1 Å². The first-order valence-electron chi connectivity index (χ1n) is 9.45. The number of nitrogens with zero attached hydrogens (tertiary/aromatic N) is 2. The van der Waals surface area contributed by atoms with Crippen LogP contribution in [0, 0.1) is 0 Å². The maximum atomic E-state index is 12.0. The zero-order valence-corrected chi connectivity index (χ0v) is 19.3. The van der Waals surface area contributed by atoms with Crippen LogP contribution in [0.2, 0.25) is 5.02 Å². The van der Waals surface area contributed by atoms with Gasteiger partial charge in [0, 0.05) is 28.3 Å². The molecule has 1 aliphatic rings. The van der Waals surface area contributed by atoms with E-state index < -0.39 is 0 Å². The number of halogens is 2. The summed E-state index contributed by atoms with van der Waals surface area (Å²) in [5, 5.41) is 4.64. The van der Waals surface area contributed by atoms with E-state index in [2.05, 4.69) is 65.2 Å². The zero-order valence-electron chi connectivity index (χ0n) is 17.0. The maximum absolute atomic E-state index is 12.0. The Morgan fingerprint density at radius 2 is 2.17 bits per heavy atom. The van der Waals surface area contributed by atoms with Gasteiger partial charge in [-0.2, -0.15) is 5.10 Å². The molecule has 0 bridgehead atoms. The van der Waals surface area contributed by atoms with Crippen LogP contribution >= 0.6 is 27.5 Å². The highest BCUT2D eigenvalue weighted by atomic mass is 79.9. The molecule has 0 saturated carbocycles. The summed E-state index contributed by atoms with van der Waals surface area (Å²) in [6.07, 6.45) is 2.63. The highest BCUT2D eigenvalue weighted by Crippen LogP contribution is 2.44. The van der Waals surface area contributed by atoms with Gasteiger partial charge < -0.3 is 9.64 Å². The van der Waals surface area contributed by atoms with Gasteiger partial charge in [-0.05, 0) is 62.1 Å². The van der Waals surface area contributed by atoms with Gasteiger partial charge in [-0.1, -0.05) is 40.5 Å². The Morgan fingerprint density at radius 1 is 1.41 bits per heavy atom. The van der Waals surface area contributed by atoms with Crippen LogP contribution in [0.25, 0.3) is 0 Å². The molecule has 0 aliphatic carbocycles. The van der Waals surface area contributed by atoms with Crippen molar-refractivity contribution in [1.82, 2.24) is 5.43 Å². The molecule has 2 aromatic rings. The number of ether oxygens (including phenoxy) is 1. The molecule has 0 spiro atoms. The summed E-state index contributed by atoms with van der Waals surface area (Å²) in [7, 11) is 2.10. The van der Waals surface area contributed by atoms with E-state index in [1.54, 1.807) is 18.3 Å². The number of hydrazone groups is 1. The lowest BCUT2D eigenvalue weighted by atomic mass is 9.80. The highest BCUT2D eigenvalue weighted by molar-refractivity contribution is 9.10. The molecular weight excluding hydrogens is 454 g/mol. The molecule has 0 fully saturated rings. The van der Waals surface area contributed by atoms with E-state index in [1.807, 2.05) is 18.2 Å². The second kappa shape index (κ2) is 8.76. The molecule has 154 valence electrons.